The van der Waals surface area contributed by atoms with Crippen LogP contribution in [-0.2, 0) is 0 Å². The van der Waals surface area contributed by atoms with Crippen molar-refractivity contribution in [3.8, 4) is 5.75 Å². The average molecular weight is 194 g/mol. The van der Waals surface area contributed by atoms with Gasteiger partial charge in [0, 0.05) is 0 Å². The fourth-order valence-corrected chi connectivity index (χ4v) is 2.15. The molecule has 3 nitrogen and oxygen atoms in total. The maximum Gasteiger partial charge on any atom is 0.143 e. The second-order valence-corrected chi connectivity index (χ2v) is 3.97. The van der Waals surface area contributed by atoms with Crippen LogP contribution in [0.4, 0.5) is 5.69 Å². The van der Waals surface area contributed by atoms with E-state index in [0.717, 1.165) is 21.0 Å². The standard InChI is InChI=1S/C9H10N2OS/c1-5-11-6-3-4-7(12-2)8(10)9(6)13-5/h3-4H,10H2,1-2H3. The number of aromatic nitrogens is 1. The van der Waals surface area contributed by atoms with Gasteiger partial charge in [-0.2, -0.15) is 0 Å². The number of nitrogens with two attached hydrogens (primary N) is 1. The highest BCUT2D eigenvalue weighted by atomic mass is 32.1. The topological polar surface area (TPSA) is 48.1 Å². The van der Waals surface area contributed by atoms with E-state index in [1.54, 1.807) is 18.4 Å². The van der Waals surface area contributed by atoms with Crippen molar-refractivity contribution in [1.29, 1.82) is 0 Å². The molecular weight excluding hydrogens is 184 g/mol. The Bertz CT molecular complexity index is 450. The zero-order valence-corrected chi connectivity index (χ0v) is 8.31. The number of nitrogen functional groups attached to an aromatic ring is 1. The fourth-order valence-electron chi connectivity index (χ4n) is 1.28. The lowest BCUT2D eigenvalue weighted by atomic mass is 10.3. The number of thiazole rings is 1. The molecule has 0 aliphatic rings. The molecule has 1 heterocycles. The molecular formula is C9H10N2OS. The van der Waals surface area contributed by atoms with Crippen LogP contribution in [-0.4, -0.2) is 12.1 Å². The van der Waals surface area contributed by atoms with Gasteiger partial charge in [0.2, 0.25) is 0 Å². The van der Waals surface area contributed by atoms with Gasteiger partial charge in [0.1, 0.15) is 5.75 Å². The zero-order valence-electron chi connectivity index (χ0n) is 7.50. The van der Waals surface area contributed by atoms with Crippen molar-refractivity contribution in [2.24, 2.45) is 0 Å². The van der Waals surface area contributed by atoms with Crippen LogP contribution >= 0.6 is 11.3 Å². The first-order valence-corrected chi connectivity index (χ1v) is 4.73. The summed E-state index contributed by atoms with van der Waals surface area (Å²) >= 11 is 1.59. The largest absolute Gasteiger partial charge is 0.495 e. The van der Waals surface area contributed by atoms with Crippen LogP contribution < -0.4 is 10.5 Å². The minimum Gasteiger partial charge on any atom is -0.495 e. The van der Waals surface area contributed by atoms with E-state index in [1.807, 2.05) is 19.1 Å². The van der Waals surface area contributed by atoms with Gasteiger partial charge in [-0.25, -0.2) is 4.98 Å². The molecule has 0 aliphatic heterocycles. The van der Waals surface area contributed by atoms with Crippen molar-refractivity contribution in [3.05, 3.63) is 17.1 Å². The molecule has 0 saturated heterocycles. The summed E-state index contributed by atoms with van der Waals surface area (Å²) in [7, 11) is 1.62. The molecule has 68 valence electrons. The molecule has 0 unspecified atom stereocenters. The number of methoxy groups -OCH3 is 1. The van der Waals surface area contributed by atoms with Crippen molar-refractivity contribution in [1.82, 2.24) is 4.98 Å². The molecule has 0 amide bonds. The van der Waals surface area contributed by atoms with Gasteiger partial charge >= 0.3 is 0 Å². The molecule has 1 aromatic heterocycles. The Morgan fingerprint density at radius 3 is 2.92 bits per heavy atom. The smallest absolute Gasteiger partial charge is 0.143 e. The Hall–Kier alpha value is -1.29. The summed E-state index contributed by atoms with van der Waals surface area (Å²) in [4.78, 5) is 4.33. The van der Waals surface area contributed by atoms with Gasteiger partial charge in [-0.15, -0.1) is 11.3 Å². The molecule has 0 aliphatic carbocycles. The van der Waals surface area contributed by atoms with Crippen molar-refractivity contribution >= 4 is 27.2 Å². The van der Waals surface area contributed by atoms with E-state index in [-0.39, 0.29) is 0 Å². The summed E-state index contributed by atoms with van der Waals surface area (Å²) in [5.41, 5.74) is 7.52. The lowest BCUT2D eigenvalue weighted by Crippen LogP contribution is -1.91. The van der Waals surface area contributed by atoms with Crippen LogP contribution in [0, 0.1) is 6.92 Å². The molecule has 2 N–H and O–H groups in total. The third-order valence-corrected chi connectivity index (χ3v) is 2.90. The third kappa shape index (κ3) is 1.23. The van der Waals surface area contributed by atoms with Gasteiger partial charge < -0.3 is 10.5 Å². The number of fused-ring (bicyclic) bond motifs is 1. The molecule has 0 atom stereocenters. The molecule has 13 heavy (non-hydrogen) atoms. The lowest BCUT2D eigenvalue weighted by molar-refractivity contribution is 0.417. The number of hydrogen-bond acceptors (Lipinski definition) is 4. The average Bonchev–Trinajstić information content (AvgIpc) is 2.47. The van der Waals surface area contributed by atoms with Crippen LogP contribution in [0.1, 0.15) is 5.01 Å². The van der Waals surface area contributed by atoms with E-state index in [2.05, 4.69) is 4.98 Å². The lowest BCUT2D eigenvalue weighted by Gasteiger charge is -2.02. The Morgan fingerprint density at radius 2 is 2.23 bits per heavy atom. The number of anilines is 1. The summed E-state index contributed by atoms with van der Waals surface area (Å²) in [6.07, 6.45) is 0. The van der Waals surface area contributed by atoms with Gasteiger partial charge in [0.15, 0.2) is 0 Å². The molecule has 4 heteroatoms. The molecule has 0 fully saturated rings. The minimum atomic E-state index is 0.686. The SMILES string of the molecule is COc1ccc2nc(C)sc2c1N. The first-order valence-electron chi connectivity index (χ1n) is 3.92. The highest BCUT2D eigenvalue weighted by Crippen LogP contribution is 2.33. The molecule has 2 rings (SSSR count). The van der Waals surface area contributed by atoms with E-state index >= 15 is 0 Å². The van der Waals surface area contributed by atoms with Crippen molar-refractivity contribution in [3.63, 3.8) is 0 Å². The van der Waals surface area contributed by atoms with Crippen LogP contribution in [0.25, 0.3) is 10.2 Å². The van der Waals surface area contributed by atoms with Crippen LogP contribution in [0.2, 0.25) is 0 Å². The molecule has 0 bridgehead atoms. The van der Waals surface area contributed by atoms with Gasteiger partial charge in [0.25, 0.3) is 0 Å². The van der Waals surface area contributed by atoms with Gasteiger partial charge in [-0.1, -0.05) is 0 Å². The van der Waals surface area contributed by atoms with E-state index < -0.39 is 0 Å². The van der Waals surface area contributed by atoms with E-state index in [0.29, 0.717) is 5.69 Å². The number of ether oxygens (including phenoxy) is 1. The number of aryl methyl sites for hydroxylation is 1. The summed E-state index contributed by atoms with van der Waals surface area (Å²) in [5.74, 6) is 0.719. The van der Waals surface area contributed by atoms with Crippen LogP contribution in [0.5, 0.6) is 5.75 Å². The summed E-state index contributed by atoms with van der Waals surface area (Å²) in [5, 5.41) is 1.02. The molecule has 2 aromatic rings. The maximum atomic E-state index is 5.89. The highest BCUT2D eigenvalue weighted by Gasteiger charge is 2.07. The predicted molar refractivity (Wildman–Crippen MR) is 55.3 cm³/mol. The fraction of sp³-hybridized carbons (Fsp3) is 0.222. The van der Waals surface area contributed by atoms with Crippen molar-refractivity contribution in [2.45, 2.75) is 6.92 Å². The van der Waals surface area contributed by atoms with E-state index in [1.165, 1.54) is 0 Å². The molecule has 1 aromatic carbocycles. The van der Waals surface area contributed by atoms with Crippen molar-refractivity contribution < 1.29 is 4.74 Å². The van der Waals surface area contributed by atoms with Gasteiger partial charge in [-0.05, 0) is 19.1 Å². The Morgan fingerprint density at radius 1 is 1.46 bits per heavy atom. The summed E-state index contributed by atoms with van der Waals surface area (Å²) in [6.45, 7) is 1.97. The number of rotatable bonds is 1. The van der Waals surface area contributed by atoms with Gasteiger partial charge in [-0.3, -0.25) is 0 Å². The van der Waals surface area contributed by atoms with Gasteiger partial charge in [0.05, 0.1) is 28.0 Å². The first-order chi connectivity index (χ1) is 6.22. The quantitative estimate of drug-likeness (QED) is 0.708. The number of hydrogen-bond donors (Lipinski definition) is 1. The number of nitrogens with zero attached hydrogens (tertiary/aromatic N) is 1. The molecule has 0 spiro atoms. The van der Waals surface area contributed by atoms with E-state index in [4.69, 9.17) is 10.5 Å². The van der Waals surface area contributed by atoms with Crippen LogP contribution in [0.15, 0.2) is 12.1 Å². The van der Waals surface area contributed by atoms with Crippen molar-refractivity contribution in [2.75, 3.05) is 12.8 Å². The monoisotopic (exact) mass is 194 g/mol. The number of benzene rings is 1. The third-order valence-electron chi connectivity index (χ3n) is 1.88. The Labute approximate surface area is 80.2 Å². The summed E-state index contributed by atoms with van der Waals surface area (Å²) < 4.78 is 6.13. The molecule has 0 radical (unpaired) electrons. The van der Waals surface area contributed by atoms with E-state index in [9.17, 15) is 0 Å². The normalized spacial score (nSPS) is 10.6. The highest BCUT2D eigenvalue weighted by molar-refractivity contribution is 7.19. The second-order valence-electron chi connectivity index (χ2n) is 2.76. The molecule has 0 saturated carbocycles. The predicted octanol–water partition coefficient (Wildman–Crippen LogP) is 2.20. The Kier molecular flexibility index (Phi) is 1.84. The first kappa shape index (κ1) is 8.31. The summed E-state index contributed by atoms with van der Waals surface area (Å²) in [6, 6.07) is 3.77. The minimum absolute atomic E-state index is 0.686. The zero-order chi connectivity index (χ0) is 9.42. The van der Waals surface area contributed by atoms with Crippen LogP contribution in [0.3, 0.4) is 0 Å². The Balaban J connectivity index is 2.78. The second kappa shape index (κ2) is 2.88. The maximum absolute atomic E-state index is 5.89.